The maximum atomic E-state index is 13.4. The number of hydrogen-bond acceptors (Lipinski definition) is 6. The van der Waals surface area contributed by atoms with Crippen LogP contribution in [0, 0.1) is 5.92 Å². The molecule has 0 aromatic carbocycles. The molecular weight excluding hydrogens is 406 g/mol. The van der Waals surface area contributed by atoms with Gasteiger partial charge in [0.15, 0.2) is 0 Å². The Morgan fingerprint density at radius 1 is 1.43 bits per heavy atom. The number of nitrogens with zero attached hydrogens (tertiary/aromatic N) is 3. The molecule has 166 valence electrons. The number of aliphatic hydroxyl groups excluding tert-OH is 1. The summed E-state index contributed by atoms with van der Waals surface area (Å²) in [7, 11) is -1.87. The lowest BCUT2D eigenvalue weighted by atomic mass is 9.99. The van der Waals surface area contributed by atoms with E-state index < -0.39 is 16.1 Å². The molecule has 8 nitrogen and oxygen atoms in total. The minimum atomic E-state index is -3.38. The SMILES string of the molecule is C[C@@H]1CN([C@@H](C)CO)C(=O)c2cc(C3=CCCC3)cnc2O[C@H]1CN(C)S(C)(=O)=O. The van der Waals surface area contributed by atoms with Gasteiger partial charge < -0.3 is 14.7 Å². The third-order valence-corrected chi connectivity index (χ3v) is 7.22. The van der Waals surface area contributed by atoms with Gasteiger partial charge in [-0.15, -0.1) is 0 Å². The molecule has 0 spiro atoms. The highest BCUT2D eigenvalue weighted by Gasteiger charge is 2.35. The molecule has 1 aromatic rings. The van der Waals surface area contributed by atoms with Crippen LogP contribution in [0.5, 0.6) is 5.88 Å². The maximum absolute atomic E-state index is 13.4. The molecular formula is C21H31N3O5S. The van der Waals surface area contributed by atoms with E-state index in [1.165, 1.54) is 16.9 Å². The van der Waals surface area contributed by atoms with Gasteiger partial charge in [-0.05, 0) is 43.4 Å². The van der Waals surface area contributed by atoms with Gasteiger partial charge in [-0.25, -0.2) is 17.7 Å². The normalized spacial score (nSPS) is 23.5. The number of hydrogen-bond donors (Lipinski definition) is 1. The highest BCUT2D eigenvalue weighted by molar-refractivity contribution is 7.88. The molecule has 1 amide bonds. The van der Waals surface area contributed by atoms with Gasteiger partial charge in [0, 0.05) is 25.7 Å². The smallest absolute Gasteiger partial charge is 0.259 e. The van der Waals surface area contributed by atoms with Crippen LogP contribution in [0.2, 0.25) is 0 Å². The fraction of sp³-hybridized carbons (Fsp3) is 0.619. The first-order valence-corrected chi connectivity index (χ1v) is 12.2. The number of pyridine rings is 1. The molecule has 1 aliphatic carbocycles. The molecule has 3 atom stereocenters. The lowest BCUT2D eigenvalue weighted by molar-refractivity contribution is 0.0373. The largest absolute Gasteiger partial charge is 0.472 e. The Balaban J connectivity index is 2.02. The number of ether oxygens (including phenoxy) is 1. The van der Waals surface area contributed by atoms with Crippen molar-refractivity contribution >= 4 is 21.5 Å². The van der Waals surface area contributed by atoms with Crippen molar-refractivity contribution in [2.75, 3.05) is 33.0 Å². The molecule has 9 heteroatoms. The van der Waals surface area contributed by atoms with E-state index >= 15 is 0 Å². The molecule has 0 saturated carbocycles. The van der Waals surface area contributed by atoms with E-state index in [-0.39, 0.29) is 36.9 Å². The summed E-state index contributed by atoms with van der Waals surface area (Å²) in [5, 5.41) is 9.71. The monoisotopic (exact) mass is 437 g/mol. The number of aromatic nitrogens is 1. The molecule has 0 bridgehead atoms. The second kappa shape index (κ2) is 9.03. The number of sulfonamides is 1. The number of fused-ring (bicyclic) bond motifs is 1. The molecule has 1 aliphatic heterocycles. The number of rotatable bonds is 6. The lowest BCUT2D eigenvalue weighted by Gasteiger charge is -2.37. The molecule has 3 rings (SSSR count). The first kappa shape index (κ1) is 22.7. The number of carbonyl (C=O) groups excluding carboxylic acids is 1. The minimum absolute atomic E-state index is 0.142. The molecule has 30 heavy (non-hydrogen) atoms. The third kappa shape index (κ3) is 4.84. The Hall–Kier alpha value is -1.97. The minimum Gasteiger partial charge on any atom is -0.472 e. The van der Waals surface area contributed by atoms with Gasteiger partial charge in [-0.1, -0.05) is 13.0 Å². The second-order valence-electron chi connectivity index (χ2n) is 8.36. The Kier molecular flexibility index (Phi) is 6.84. The van der Waals surface area contributed by atoms with Crippen LogP contribution in [0.1, 0.15) is 49.0 Å². The van der Waals surface area contributed by atoms with Crippen molar-refractivity contribution in [1.82, 2.24) is 14.2 Å². The predicted molar refractivity (Wildman–Crippen MR) is 115 cm³/mol. The number of carbonyl (C=O) groups is 1. The summed E-state index contributed by atoms with van der Waals surface area (Å²) in [5.74, 6) is -0.198. The van der Waals surface area contributed by atoms with Crippen LogP contribution >= 0.6 is 0 Å². The standard InChI is InChI=1S/C21H31N3O5S/c1-14-11-24(15(2)13-25)21(26)18-9-17(16-7-5-6-8-16)10-22-20(18)29-19(14)12-23(3)30(4,27)28/h7,9-10,14-15,19,25H,5-6,8,11-13H2,1-4H3/t14-,15+,19+/m1/s1. The van der Waals surface area contributed by atoms with Crippen LogP contribution in [-0.4, -0.2) is 78.8 Å². The molecule has 2 heterocycles. The summed E-state index contributed by atoms with van der Waals surface area (Å²) in [6.45, 7) is 4.02. The summed E-state index contributed by atoms with van der Waals surface area (Å²) in [6.07, 6.45) is 7.59. The van der Waals surface area contributed by atoms with E-state index in [4.69, 9.17) is 4.74 Å². The molecule has 0 radical (unpaired) electrons. The van der Waals surface area contributed by atoms with Gasteiger partial charge in [0.2, 0.25) is 15.9 Å². The van der Waals surface area contributed by atoms with Gasteiger partial charge in [-0.3, -0.25) is 4.79 Å². The van der Waals surface area contributed by atoms with Crippen molar-refractivity contribution in [3.8, 4) is 5.88 Å². The first-order chi connectivity index (χ1) is 14.1. The van der Waals surface area contributed by atoms with Crippen LogP contribution in [0.25, 0.3) is 5.57 Å². The quantitative estimate of drug-likeness (QED) is 0.728. The van der Waals surface area contributed by atoms with E-state index in [9.17, 15) is 18.3 Å². The molecule has 2 aliphatic rings. The molecule has 1 aromatic heterocycles. The predicted octanol–water partition coefficient (Wildman–Crippen LogP) is 1.76. The van der Waals surface area contributed by atoms with Crippen molar-refractivity contribution in [3.05, 3.63) is 29.5 Å². The first-order valence-electron chi connectivity index (χ1n) is 10.3. The second-order valence-corrected chi connectivity index (χ2v) is 10.5. The number of allylic oxidation sites excluding steroid dienone is 2. The van der Waals surface area contributed by atoms with E-state index in [1.54, 1.807) is 18.0 Å². The fourth-order valence-corrected chi connectivity index (χ4v) is 4.24. The van der Waals surface area contributed by atoms with E-state index in [1.807, 2.05) is 13.0 Å². The summed E-state index contributed by atoms with van der Waals surface area (Å²) < 4.78 is 31.2. The van der Waals surface area contributed by atoms with Gasteiger partial charge >= 0.3 is 0 Å². The molecule has 1 N–H and O–H groups in total. The van der Waals surface area contributed by atoms with Crippen LogP contribution in [0.3, 0.4) is 0 Å². The average molecular weight is 438 g/mol. The Bertz CT molecular complexity index is 931. The van der Waals surface area contributed by atoms with Crippen molar-refractivity contribution in [3.63, 3.8) is 0 Å². The van der Waals surface area contributed by atoms with E-state index in [2.05, 4.69) is 11.1 Å². The van der Waals surface area contributed by atoms with Gasteiger partial charge in [0.25, 0.3) is 5.91 Å². The van der Waals surface area contributed by atoms with Crippen molar-refractivity contribution in [2.24, 2.45) is 5.92 Å². The summed E-state index contributed by atoms with van der Waals surface area (Å²) in [5.41, 5.74) is 2.42. The third-order valence-electron chi connectivity index (χ3n) is 5.94. The van der Waals surface area contributed by atoms with Crippen LogP contribution < -0.4 is 4.74 Å². The highest BCUT2D eigenvalue weighted by atomic mass is 32.2. The van der Waals surface area contributed by atoms with Crippen LogP contribution in [-0.2, 0) is 10.0 Å². The van der Waals surface area contributed by atoms with Gasteiger partial charge in [0.05, 0.1) is 25.4 Å². The van der Waals surface area contributed by atoms with Crippen LogP contribution in [0.4, 0.5) is 0 Å². The molecule has 0 saturated heterocycles. The average Bonchev–Trinajstić information content (AvgIpc) is 3.23. The zero-order valence-electron chi connectivity index (χ0n) is 18.0. The number of amides is 1. The van der Waals surface area contributed by atoms with Gasteiger partial charge in [0.1, 0.15) is 11.7 Å². The number of aliphatic hydroxyl groups is 1. The Morgan fingerprint density at radius 3 is 2.77 bits per heavy atom. The van der Waals surface area contributed by atoms with E-state index in [0.29, 0.717) is 12.1 Å². The summed E-state index contributed by atoms with van der Waals surface area (Å²) >= 11 is 0. The van der Waals surface area contributed by atoms with E-state index in [0.717, 1.165) is 31.1 Å². The fourth-order valence-electron chi connectivity index (χ4n) is 3.82. The van der Waals surface area contributed by atoms with Crippen molar-refractivity contribution in [2.45, 2.75) is 45.3 Å². The Morgan fingerprint density at radius 2 is 2.17 bits per heavy atom. The summed E-state index contributed by atoms with van der Waals surface area (Å²) in [6, 6.07) is 1.43. The highest BCUT2D eigenvalue weighted by Crippen LogP contribution is 2.32. The number of likely N-dealkylation sites (N-methyl/N-ethyl adjacent to an activating group) is 1. The summed E-state index contributed by atoms with van der Waals surface area (Å²) in [4.78, 5) is 19.4. The topological polar surface area (TPSA) is 100 Å². The maximum Gasteiger partial charge on any atom is 0.259 e. The zero-order chi connectivity index (χ0) is 22.1. The molecule has 0 unspecified atom stereocenters. The van der Waals surface area contributed by atoms with Crippen molar-refractivity contribution < 1.29 is 23.1 Å². The van der Waals surface area contributed by atoms with Crippen LogP contribution in [0.15, 0.2) is 18.3 Å². The van der Waals surface area contributed by atoms with Crippen molar-refractivity contribution in [1.29, 1.82) is 0 Å². The molecule has 0 fully saturated rings. The Labute approximate surface area is 178 Å². The zero-order valence-corrected chi connectivity index (χ0v) is 18.9. The van der Waals surface area contributed by atoms with Gasteiger partial charge in [-0.2, -0.15) is 0 Å². The lowest BCUT2D eigenvalue weighted by Crippen LogP contribution is -2.50.